The van der Waals surface area contributed by atoms with Gasteiger partial charge in [0.25, 0.3) is 0 Å². The Kier molecular flexibility index (Phi) is 4.78. The van der Waals surface area contributed by atoms with Crippen molar-refractivity contribution in [1.29, 1.82) is 0 Å². The van der Waals surface area contributed by atoms with Gasteiger partial charge in [-0.3, -0.25) is 4.79 Å². The van der Waals surface area contributed by atoms with Gasteiger partial charge >= 0.3 is 0 Å². The first-order valence-corrected chi connectivity index (χ1v) is 7.60. The molecule has 3 nitrogen and oxygen atoms in total. The highest BCUT2D eigenvalue weighted by molar-refractivity contribution is 7.09. The monoisotopic (exact) mass is 266 g/mol. The normalized spacial score (nSPS) is 15.1. The first-order chi connectivity index (χ1) is 8.66. The van der Waals surface area contributed by atoms with Crippen molar-refractivity contribution in [3.63, 3.8) is 0 Å². The summed E-state index contributed by atoms with van der Waals surface area (Å²) in [5, 5.41) is 5.38. The summed E-state index contributed by atoms with van der Waals surface area (Å²) in [6.45, 7) is 5.79. The molecule has 2 rings (SSSR count). The zero-order valence-corrected chi connectivity index (χ0v) is 12.0. The van der Waals surface area contributed by atoms with Gasteiger partial charge in [0.2, 0.25) is 5.91 Å². The van der Waals surface area contributed by atoms with Gasteiger partial charge < -0.3 is 10.2 Å². The maximum atomic E-state index is 12.2. The molecule has 0 radical (unpaired) electrons. The van der Waals surface area contributed by atoms with Crippen molar-refractivity contribution in [2.75, 3.05) is 6.54 Å². The van der Waals surface area contributed by atoms with Gasteiger partial charge in [-0.15, -0.1) is 11.3 Å². The second-order valence-electron chi connectivity index (χ2n) is 5.19. The summed E-state index contributed by atoms with van der Waals surface area (Å²) in [6.07, 6.45) is 2.96. The van der Waals surface area contributed by atoms with E-state index in [0.29, 0.717) is 24.4 Å². The van der Waals surface area contributed by atoms with Crippen molar-refractivity contribution >= 4 is 17.2 Å². The second-order valence-corrected chi connectivity index (χ2v) is 6.22. The average molecular weight is 266 g/mol. The minimum absolute atomic E-state index is 0.291. The first kappa shape index (κ1) is 13.6. The average Bonchev–Trinajstić information content (AvgIpc) is 3.02. The summed E-state index contributed by atoms with van der Waals surface area (Å²) in [6, 6.07) is 5.11. The quantitative estimate of drug-likeness (QED) is 0.823. The Balaban J connectivity index is 1.83. The van der Waals surface area contributed by atoms with Crippen LogP contribution in [-0.2, 0) is 11.3 Å². The maximum Gasteiger partial charge on any atom is 0.224 e. The molecule has 0 saturated heterocycles. The predicted molar refractivity (Wildman–Crippen MR) is 75.6 cm³/mol. The molecule has 1 aromatic rings. The molecule has 18 heavy (non-hydrogen) atoms. The molecule has 1 aliphatic rings. The lowest BCUT2D eigenvalue weighted by molar-refractivity contribution is -0.132. The molecule has 0 unspecified atom stereocenters. The number of nitrogens with zero attached hydrogens (tertiary/aromatic N) is 1. The topological polar surface area (TPSA) is 32.3 Å². The van der Waals surface area contributed by atoms with E-state index < -0.39 is 0 Å². The molecule has 4 heteroatoms. The van der Waals surface area contributed by atoms with Crippen LogP contribution in [0.25, 0.3) is 0 Å². The summed E-state index contributed by atoms with van der Waals surface area (Å²) < 4.78 is 0. The minimum atomic E-state index is 0.291. The number of carbonyl (C=O) groups excluding carboxylic acids is 1. The van der Waals surface area contributed by atoms with Crippen molar-refractivity contribution < 1.29 is 4.79 Å². The van der Waals surface area contributed by atoms with Crippen LogP contribution in [0.5, 0.6) is 0 Å². The van der Waals surface area contributed by atoms with E-state index in [-0.39, 0.29) is 0 Å². The van der Waals surface area contributed by atoms with Crippen LogP contribution in [0.2, 0.25) is 0 Å². The minimum Gasteiger partial charge on any atom is -0.335 e. The second kappa shape index (κ2) is 6.34. The third-order valence-electron chi connectivity index (χ3n) is 3.11. The first-order valence-electron chi connectivity index (χ1n) is 6.72. The summed E-state index contributed by atoms with van der Waals surface area (Å²) in [5.74, 6) is 0.291. The Labute approximate surface area is 113 Å². The fourth-order valence-electron chi connectivity index (χ4n) is 1.99. The van der Waals surface area contributed by atoms with Crippen LogP contribution in [0.3, 0.4) is 0 Å². The lowest BCUT2D eigenvalue weighted by atomic mass is 10.3. The van der Waals surface area contributed by atoms with Crippen molar-refractivity contribution in [2.45, 2.75) is 51.7 Å². The van der Waals surface area contributed by atoms with Crippen LogP contribution in [-0.4, -0.2) is 29.4 Å². The van der Waals surface area contributed by atoms with E-state index in [4.69, 9.17) is 0 Å². The van der Waals surface area contributed by atoms with Crippen LogP contribution in [0.4, 0.5) is 0 Å². The van der Waals surface area contributed by atoms with Crippen molar-refractivity contribution in [1.82, 2.24) is 10.2 Å². The number of thiophene rings is 1. The molecule has 0 atom stereocenters. The molecule has 1 aliphatic carbocycles. The van der Waals surface area contributed by atoms with Crippen molar-refractivity contribution in [2.24, 2.45) is 0 Å². The molecule has 0 aromatic carbocycles. The molecule has 1 saturated carbocycles. The number of hydrogen-bond donors (Lipinski definition) is 1. The highest BCUT2D eigenvalue weighted by Gasteiger charge is 2.32. The predicted octanol–water partition coefficient (Wildman–Crippen LogP) is 2.63. The standard InChI is InChI=1S/C14H22N2OS/c1-11(2)15-8-7-14(17)16(12-5-6-12)10-13-4-3-9-18-13/h3-4,9,11-12,15H,5-8,10H2,1-2H3. The Morgan fingerprint density at radius 3 is 2.89 bits per heavy atom. The molecule has 0 spiro atoms. The molecule has 0 aliphatic heterocycles. The number of nitrogens with one attached hydrogen (secondary N) is 1. The summed E-state index contributed by atoms with van der Waals surface area (Å²) in [5.41, 5.74) is 0. The van der Waals surface area contributed by atoms with Gasteiger partial charge in [0.1, 0.15) is 0 Å². The van der Waals surface area contributed by atoms with Crippen molar-refractivity contribution in [3.05, 3.63) is 22.4 Å². The molecule has 1 aromatic heterocycles. The third kappa shape index (κ3) is 4.10. The van der Waals surface area contributed by atoms with E-state index >= 15 is 0 Å². The molecule has 100 valence electrons. The Morgan fingerprint density at radius 2 is 2.33 bits per heavy atom. The third-order valence-corrected chi connectivity index (χ3v) is 3.97. The highest BCUT2D eigenvalue weighted by atomic mass is 32.1. The van der Waals surface area contributed by atoms with Crippen LogP contribution in [0.1, 0.15) is 38.0 Å². The molecule has 1 fully saturated rings. The summed E-state index contributed by atoms with van der Waals surface area (Å²) in [7, 11) is 0. The van der Waals surface area contributed by atoms with Gasteiger partial charge in [-0.2, -0.15) is 0 Å². The van der Waals surface area contributed by atoms with Crippen molar-refractivity contribution in [3.8, 4) is 0 Å². The molecular formula is C14H22N2OS. The highest BCUT2D eigenvalue weighted by Crippen LogP contribution is 2.29. The SMILES string of the molecule is CC(C)NCCC(=O)N(Cc1cccs1)C1CC1. The number of rotatable bonds is 7. The molecule has 1 amide bonds. The van der Waals surface area contributed by atoms with E-state index in [9.17, 15) is 4.79 Å². The number of hydrogen-bond acceptors (Lipinski definition) is 3. The molecule has 1 N–H and O–H groups in total. The van der Waals surface area contributed by atoms with Crippen LogP contribution >= 0.6 is 11.3 Å². The zero-order valence-electron chi connectivity index (χ0n) is 11.2. The zero-order chi connectivity index (χ0) is 13.0. The smallest absolute Gasteiger partial charge is 0.224 e. The Hall–Kier alpha value is -0.870. The van der Waals surface area contributed by atoms with E-state index in [0.717, 1.165) is 13.1 Å². The van der Waals surface area contributed by atoms with Gasteiger partial charge in [-0.05, 0) is 24.3 Å². The van der Waals surface area contributed by atoms with Gasteiger partial charge in [-0.25, -0.2) is 0 Å². The van der Waals surface area contributed by atoms with E-state index in [2.05, 4.69) is 41.6 Å². The fourth-order valence-corrected chi connectivity index (χ4v) is 2.69. The maximum absolute atomic E-state index is 12.2. The van der Waals surface area contributed by atoms with E-state index in [1.54, 1.807) is 11.3 Å². The number of amides is 1. The molecule has 0 bridgehead atoms. The molecular weight excluding hydrogens is 244 g/mol. The van der Waals surface area contributed by atoms with Gasteiger partial charge in [0.05, 0.1) is 6.54 Å². The van der Waals surface area contributed by atoms with Gasteiger partial charge in [-0.1, -0.05) is 19.9 Å². The number of carbonyl (C=O) groups is 1. The fraction of sp³-hybridized carbons (Fsp3) is 0.643. The summed E-state index contributed by atoms with van der Waals surface area (Å²) >= 11 is 1.73. The van der Waals surface area contributed by atoms with E-state index in [1.165, 1.54) is 17.7 Å². The van der Waals surface area contributed by atoms with Crippen LogP contribution in [0.15, 0.2) is 17.5 Å². The largest absolute Gasteiger partial charge is 0.335 e. The van der Waals surface area contributed by atoms with Gasteiger partial charge in [0, 0.05) is 29.9 Å². The molecule has 1 heterocycles. The van der Waals surface area contributed by atoms with Crippen LogP contribution in [0, 0.1) is 0 Å². The van der Waals surface area contributed by atoms with Crippen LogP contribution < -0.4 is 5.32 Å². The van der Waals surface area contributed by atoms with Gasteiger partial charge in [0.15, 0.2) is 0 Å². The van der Waals surface area contributed by atoms with E-state index in [1.807, 2.05) is 0 Å². The lowest BCUT2D eigenvalue weighted by Crippen LogP contribution is -2.35. The Bertz CT molecular complexity index is 371. The Morgan fingerprint density at radius 1 is 1.56 bits per heavy atom. The lowest BCUT2D eigenvalue weighted by Gasteiger charge is -2.22. The summed E-state index contributed by atoms with van der Waals surface area (Å²) in [4.78, 5) is 15.6.